The van der Waals surface area contributed by atoms with Gasteiger partial charge in [0.25, 0.3) is 5.91 Å². The molecular weight excluding hydrogens is 426 g/mol. The lowest BCUT2D eigenvalue weighted by molar-refractivity contribution is -0.0515. The first-order chi connectivity index (χ1) is 15.3. The zero-order chi connectivity index (χ0) is 22.9. The minimum absolute atomic E-state index is 0.00267. The molecule has 1 saturated carbocycles. The molecule has 0 aromatic heterocycles. The molecule has 0 spiro atoms. The van der Waals surface area contributed by atoms with Crippen molar-refractivity contribution in [1.29, 1.82) is 5.26 Å². The van der Waals surface area contributed by atoms with Crippen LogP contribution in [0.3, 0.4) is 0 Å². The fraction of sp³-hybridized carbons (Fsp3) is 0.440. The van der Waals surface area contributed by atoms with E-state index < -0.39 is 0 Å². The first kappa shape index (κ1) is 22.4. The molecule has 1 aliphatic heterocycles. The normalized spacial score (nSPS) is 22.5. The summed E-state index contributed by atoms with van der Waals surface area (Å²) in [7, 11) is 0. The zero-order valence-electron chi connectivity index (χ0n) is 18.3. The molecule has 0 bridgehead atoms. The highest BCUT2D eigenvalue weighted by Gasteiger charge is 2.50. The maximum absolute atomic E-state index is 12.8. The first-order valence-corrected chi connectivity index (χ1v) is 11.4. The molecule has 1 heterocycles. The van der Waals surface area contributed by atoms with Crippen molar-refractivity contribution in [2.75, 3.05) is 18.0 Å². The van der Waals surface area contributed by atoms with Gasteiger partial charge in [0.1, 0.15) is 17.9 Å². The Balaban J connectivity index is 1.33. The molecule has 168 valence electrons. The van der Waals surface area contributed by atoms with Gasteiger partial charge in [-0.2, -0.15) is 5.26 Å². The van der Waals surface area contributed by atoms with Crippen LogP contribution in [0.4, 0.5) is 5.69 Å². The number of carbonyl (C=O) groups is 1. The summed E-state index contributed by atoms with van der Waals surface area (Å²) in [6.07, 6.45) is 1.98. The highest BCUT2D eigenvalue weighted by Crippen LogP contribution is 2.43. The van der Waals surface area contributed by atoms with Crippen molar-refractivity contribution in [3.8, 4) is 11.8 Å². The second kappa shape index (κ2) is 9.01. The highest BCUT2D eigenvalue weighted by molar-refractivity contribution is 6.31. The predicted octanol–water partition coefficient (Wildman–Crippen LogP) is 4.15. The Hall–Kier alpha value is -2.75. The molecule has 2 aliphatic rings. The number of anilines is 1. The number of aliphatic hydroxyl groups is 1. The molecule has 2 N–H and O–H groups in total. The maximum atomic E-state index is 12.8. The van der Waals surface area contributed by atoms with Gasteiger partial charge >= 0.3 is 0 Å². The van der Waals surface area contributed by atoms with Crippen LogP contribution in [-0.4, -0.2) is 42.4 Å². The van der Waals surface area contributed by atoms with Crippen molar-refractivity contribution in [3.63, 3.8) is 0 Å². The van der Waals surface area contributed by atoms with Crippen molar-refractivity contribution >= 4 is 23.2 Å². The van der Waals surface area contributed by atoms with E-state index in [1.165, 1.54) is 0 Å². The van der Waals surface area contributed by atoms with Gasteiger partial charge in [0.2, 0.25) is 0 Å². The van der Waals surface area contributed by atoms with E-state index in [0.717, 1.165) is 31.6 Å². The van der Waals surface area contributed by atoms with E-state index in [4.69, 9.17) is 21.6 Å². The highest BCUT2D eigenvalue weighted by atomic mass is 35.5. The lowest BCUT2D eigenvalue weighted by atomic mass is 9.64. The molecule has 32 heavy (non-hydrogen) atoms. The Morgan fingerprint density at radius 2 is 1.91 bits per heavy atom. The number of amides is 1. The summed E-state index contributed by atoms with van der Waals surface area (Å²) in [6.45, 7) is 5.81. The Bertz CT molecular complexity index is 1020. The maximum Gasteiger partial charge on any atom is 0.251 e. The number of nitrogens with one attached hydrogen (secondary N) is 1. The third-order valence-electron chi connectivity index (χ3n) is 6.78. The molecule has 0 unspecified atom stereocenters. The number of nitriles is 1. The van der Waals surface area contributed by atoms with Crippen molar-refractivity contribution in [1.82, 2.24) is 5.32 Å². The molecule has 2 atom stereocenters. The van der Waals surface area contributed by atoms with Gasteiger partial charge in [-0.1, -0.05) is 25.4 Å². The van der Waals surface area contributed by atoms with Crippen molar-refractivity contribution in [2.45, 2.75) is 51.4 Å². The Morgan fingerprint density at radius 1 is 1.22 bits per heavy atom. The van der Waals surface area contributed by atoms with Crippen LogP contribution in [0.5, 0.6) is 5.75 Å². The van der Waals surface area contributed by atoms with E-state index in [1.54, 1.807) is 18.2 Å². The van der Waals surface area contributed by atoms with E-state index in [9.17, 15) is 9.90 Å². The van der Waals surface area contributed by atoms with Crippen LogP contribution in [0.1, 0.15) is 49.0 Å². The van der Waals surface area contributed by atoms with E-state index in [-0.39, 0.29) is 29.6 Å². The molecule has 6 nitrogen and oxygen atoms in total. The standard InChI is InChI=1S/C25H28ClN3O3/c1-25(2)22(14-23(25)32-20-8-5-17(15-27)21(26)13-20)28-24(31)16-3-6-18(7-4-16)29-11-9-19(30)10-12-29/h3-8,13,19,22-23,30H,9-12,14H2,1-2H3,(H,28,31)/t22-,23-/m0/s1. The molecule has 2 aromatic rings. The number of benzene rings is 2. The van der Waals surface area contributed by atoms with Crippen LogP contribution < -0.4 is 15.0 Å². The quantitative estimate of drug-likeness (QED) is 0.710. The molecule has 1 aliphatic carbocycles. The van der Waals surface area contributed by atoms with E-state index >= 15 is 0 Å². The van der Waals surface area contributed by atoms with E-state index in [1.807, 2.05) is 30.3 Å². The van der Waals surface area contributed by atoms with E-state index in [0.29, 0.717) is 28.3 Å². The number of aliphatic hydroxyl groups excluding tert-OH is 1. The lowest BCUT2D eigenvalue weighted by Crippen LogP contribution is -2.63. The monoisotopic (exact) mass is 453 g/mol. The van der Waals surface area contributed by atoms with Crippen molar-refractivity contribution in [2.24, 2.45) is 5.41 Å². The number of hydrogen-bond acceptors (Lipinski definition) is 5. The Morgan fingerprint density at radius 3 is 2.50 bits per heavy atom. The average molecular weight is 454 g/mol. The number of rotatable bonds is 5. The molecule has 2 aromatic carbocycles. The summed E-state index contributed by atoms with van der Waals surface area (Å²) < 4.78 is 6.09. The van der Waals surface area contributed by atoms with Crippen molar-refractivity contribution < 1.29 is 14.6 Å². The molecule has 1 amide bonds. The van der Waals surface area contributed by atoms with Gasteiger partial charge in [-0.25, -0.2) is 0 Å². The minimum atomic E-state index is -0.245. The number of piperidine rings is 1. The average Bonchev–Trinajstić information content (AvgIpc) is 2.79. The number of carbonyl (C=O) groups excluding carboxylic acids is 1. The molecule has 1 saturated heterocycles. The largest absolute Gasteiger partial charge is 0.490 e. The lowest BCUT2D eigenvalue weighted by Gasteiger charge is -2.51. The minimum Gasteiger partial charge on any atom is -0.490 e. The first-order valence-electron chi connectivity index (χ1n) is 11.0. The molecule has 4 rings (SSSR count). The van der Waals surface area contributed by atoms with Gasteiger partial charge in [0.05, 0.1) is 16.7 Å². The zero-order valence-corrected chi connectivity index (χ0v) is 19.1. The fourth-order valence-corrected chi connectivity index (χ4v) is 4.56. The molecule has 2 fully saturated rings. The summed E-state index contributed by atoms with van der Waals surface area (Å²) in [5, 5.41) is 22.2. The van der Waals surface area contributed by atoms with Crippen LogP contribution in [-0.2, 0) is 0 Å². The van der Waals surface area contributed by atoms with Gasteiger partial charge in [-0.05, 0) is 49.2 Å². The van der Waals surface area contributed by atoms with Gasteiger partial charge in [-0.15, -0.1) is 0 Å². The predicted molar refractivity (Wildman–Crippen MR) is 124 cm³/mol. The molecular formula is C25H28ClN3O3. The third kappa shape index (κ3) is 4.55. The van der Waals surface area contributed by atoms with E-state index in [2.05, 4.69) is 24.1 Å². The van der Waals surface area contributed by atoms with Gasteiger partial charge in [0, 0.05) is 48.3 Å². The Kier molecular flexibility index (Phi) is 6.32. The van der Waals surface area contributed by atoms with Crippen LogP contribution in [0, 0.1) is 16.7 Å². The van der Waals surface area contributed by atoms with Gasteiger partial charge in [-0.3, -0.25) is 4.79 Å². The third-order valence-corrected chi connectivity index (χ3v) is 7.09. The van der Waals surface area contributed by atoms with Crippen LogP contribution in [0.25, 0.3) is 0 Å². The van der Waals surface area contributed by atoms with Crippen LogP contribution >= 0.6 is 11.6 Å². The van der Waals surface area contributed by atoms with Crippen molar-refractivity contribution in [3.05, 3.63) is 58.6 Å². The van der Waals surface area contributed by atoms with Crippen LogP contribution in [0.2, 0.25) is 5.02 Å². The second-order valence-corrected chi connectivity index (χ2v) is 9.62. The summed E-state index contributed by atoms with van der Waals surface area (Å²) in [5.41, 5.74) is 1.88. The summed E-state index contributed by atoms with van der Waals surface area (Å²) in [5.74, 6) is 0.529. The molecule has 7 heteroatoms. The smallest absolute Gasteiger partial charge is 0.251 e. The number of hydrogen-bond donors (Lipinski definition) is 2. The fourth-order valence-electron chi connectivity index (χ4n) is 4.34. The number of ether oxygens (including phenoxy) is 1. The number of nitrogens with zero attached hydrogens (tertiary/aromatic N) is 2. The summed E-state index contributed by atoms with van der Waals surface area (Å²) in [4.78, 5) is 15.0. The topological polar surface area (TPSA) is 85.6 Å². The summed E-state index contributed by atoms with van der Waals surface area (Å²) >= 11 is 6.10. The summed E-state index contributed by atoms with van der Waals surface area (Å²) in [6, 6.07) is 14.7. The number of halogens is 1. The van der Waals surface area contributed by atoms with Crippen LogP contribution in [0.15, 0.2) is 42.5 Å². The van der Waals surface area contributed by atoms with Gasteiger partial charge in [0.15, 0.2) is 0 Å². The molecule has 0 radical (unpaired) electrons. The second-order valence-electron chi connectivity index (χ2n) is 9.21. The SMILES string of the molecule is CC1(C)[C@@H](NC(=O)c2ccc(N3CCC(O)CC3)cc2)C[C@@H]1Oc1ccc(C#N)c(Cl)c1. The van der Waals surface area contributed by atoms with Gasteiger partial charge < -0.3 is 20.1 Å². The Labute approximate surface area is 193 Å².